The van der Waals surface area contributed by atoms with Crippen LogP contribution in [0.4, 0.5) is 5.82 Å². The van der Waals surface area contributed by atoms with Gasteiger partial charge in [-0.1, -0.05) is 34.1 Å². The first kappa shape index (κ1) is 16.3. The van der Waals surface area contributed by atoms with Crippen molar-refractivity contribution in [2.45, 2.75) is 58.9 Å². The highest BCUT2D eigenvalue weighted by molar-refractivity contribution is 5.45. The van der Waals surface area contributed by atoms with E-state index in [1.165, 1.54) is 42.9 Å². The van der Waals surface area contributed by atoms with E-state index in [0.29, 0.717) is 0 Å². The lowest BCUT2D eigenvalue weighted by molar-refractivity contribution is 0.529. The molecule has 1 unspecified atom stereocenters. The molecule has 21 heavy (non-hydrogen) atoms. The number of aromatic nitrogens is 1. The number of nitrogens with zero attached hydrogens (tertiary/aromatic N) is 2. The van der Waals surface area contributed by atoms with Gasteiger partial charge in [0.15, 0.2) is 0 Å². The lowest BCUT2D eigenvalue weighted by Gasteiger charge is -2.24. The summed E-state index contributed by atoms with van der Waals surface area (Å²) in [6, 6.07) is 4.51. The van der Waals surface area contributed by atoms with Gasteiger partial charge in [-0.25, -0.2) is 4.98 Å². The molecule has 0 radical (unpaired) electrons. The number of anilines is 1. The summed E-state index contributed by atoms with van der Waals surface area (Å²) in [6.45, 7) is 12.2. The Labute approximate surface area is 130 Å². The number of hydrogen-bond donors (Lipinski definition) is 1. The maximum Gasteiger partial charge on any atom is 0.129 e. The molecule has 118 valence electrons. The number of pyridine rings is 1. The van der Waals surface area contributed by atoms with E-state index in [1.807, 2.05) is 7.05 Å². The van der Waals surface area contributed by atoms with E-state index in [-0.39, 0.29) is 5.41 Å². The van der Waals surface area contributed by atoms with Crippen LogP contribution < -0.4 is 10.2 Å². The number of rotatable bonds is 5. The van der Waals surface area contributed by atoms with E-state index >= 15 is 0 Å². The Hall–Kier alpha value is -1.09. The topological polar surface area (TPSA) is 28.2 Å². The zero-order valence-corrected chi connectivity index (χ0v) is 14.4. The van der Waals surface area contributed by atoms with Gasteiger partial charge in [-0.05, 0) is 43.5 Å². The van der Waals surface area contributed by atoms with Gasteiger partial charge in [0.2, 0.25) is 0 Å². The fraction of sp³-hybridized carbons (Fsp3) is 0.722. The van der Waals surface area contributed by atoms with Crippen LogP contribution in [-0.2, 0) is 12.0 Å². The summed E-state index contributed by atoms with van der Waals surface area (Å²) < 4.78 is 0. The second-order valence-electron chi connectivity index (χ2n) is 7.39. The summed E-state index contributed by atoms with van der Waals surface area (Å²) >= 11 is 0. The third-order valence-electron chi connectivity index (χ3n) is 4.33. The molecule has 1 fully saturated rings. The Morgan fingerprint density at radius 2 is 2.10 bits per heavy atom. The maximum absolute atomic E-state index is 4.96. The van der Waals surface area contributed by atoms with Crippen LogP contribution >= 0.6 is 0 Å². The minimum absolute atomic E-state index is 0.0983. The Morgan fingerprint density at radius 1 is 1.33 bits per heavy atom. The Balaban J connectivity index is 2.24. The predicted molar refractivity (Wildman–Crippen MR) is 90.9 cm³/mol. The second-order valence-corrected chi connectivity index (χ2v) is 7.39. The van der Waals surface area contributed by atoms with Crippen molar-refractivity contribution in [1.82, 2.24) is 10.3 Å². The van der Waals surface area contributed by atoms with Crippen molar-refractivity contribution in [3.63, 3.8) is 0 Å². The standard InChI is InChI=1S/C18H31N3/c1-6-7-14-8-9-21(13-14)17-11-15(12-19-5)10-16(20-17)18(2,3)4/h10-11,14,19H,6-9,12-13H2,1-5H3. The molecular weight excluding hydrogens is 258 g/mol. The Kier molecular flexibility index (Phi) is 5.26. The quantitative estimate of drug-likeness (QED) is 0.895. The van der Waals surface area contributed by atoms with Gasteiger partial charge >= 0.3 is 0 Å². The summed E-state index contributed by atoms with van der Waals surface area (Å²) in [5.41, 5.74) is 2.64. The summed E-state index contributed by atoms with van der Waals surface area (Å²) in [5, 5.41) is 3.26. The highest BCUT2D eigenvalue weighted by atomic mass is 15.2. The lowest BCUT2D eigenvalue weighted by atomic mass is 9.90. The molecule has 1 atom stereocenters. The Morgan fingerprint density at radius 3 is 2.71 bits per heavy atom. The minimum Gasteiger partial charge on any atom is -0.356 e. The molecule has 0 saturated carbocycles. The molecule has 0 spiro atoms. The molecule has 1 aliphatic rings. The predicted octanol–water partition coefficient (Wildman–Crippen LogP) is 3.72. The monoisotopic (exact) mass is 289 g/mol. The summed E-state index contributed by atoms with van der Waals surface area (Å²) in [7, 11) is 2.00. The molecule has 1 saturated heterocycles. The molecule has 0 aromatic carbocycles. The maximum atomic E-state index is 4.96. The zero-order valence-electron chi connectivity index (χ0n) is 14.4. The fourth-order valence-corrected chi connectivity index (χ4v) is 3.11. The molecule has 3 nitrogen and oxygen atoms in total. The van der Waals surface area contributed by atoms with Gasteiger partial charge in [-0.2, -0.15) is 0 Å². The molecule has 2 heterocycles. The van der Waals surface area contributed by atoms with Crippen LogP contribution in [0.25, 0.3) is 0 Å². The van der Waals surface area contributed by atoms with E-state index in [0.717, 1.165) is 19.0 Å². The van der Waals surface area contributed by atoms with E-state index in [2.05, 4.69) is 50.0 Å². The molecule has 1 N–H and O–H groups in total. The molecule has 1 aromatic rings. The summed E-state index contributed by atoms with van der Waals surface area (Å²) in [6.07, 6.45) is 3.95. The number of nitrogens with one attached hydrogen (secondary N) is 1. The zero-order chi connectivity index (χ0) is 15.5. The van der Waals surface area contributed by atoms with Gasteiger partial charge in [-0.3, -0.25) is 0 Å². The molecule has 0 bridgehead atoms. The highest BCUT2D eigenvalue weighted by Gasteiger charge is 2.25. The van der Waals surface area contributed by atoms with Crippen molar-refractivity contribution >= 4 is 5.82 Å². The van der Waals surface area contributed by atoms with Crippen LogP contribution in [0.15, 0.2) is 12.1 Å². The van der Waals surface area contributed by atoms with E-state index in [4.69, 9.17) is 4.98 Å². The fourth-order valence-electron chi connectivity index (χ4n) is 3.11. The highest BCUT2D eigenvalue weighted by Crippen LogP contribution is 2.29. The first-order valence-corrected chi connectivity index (χ1v) is 8.35. The van der Waals surface area contributed by atoms with E-state index < -0.39 is 0 Å². The van der Waals surface area contributed by atoms with Crippen molar-refractivity contribution < 1.29 is 0 Å². The van der Waals surface area contributed by atoms with Crippen LogP contribution in [-0.4, -0.2) is 25.1 Å². The van der Waals surface area contributed by atoms with Gasteiger partial charge in [0.1, 0.15) is 5.82 Å². The van der Waals surface area contributed by atoms with Crippen molar-refractivity contribution in [1.29, 1.82) is 0 Å². The van der Waals surface area contributed by atoms with E-state index in [1.54, 1.807) is 0 Å². The second kappa shape index (κ2) is 6.78. The van der Waals surface area contributed by atoms with Crippen LogP contribution in [0.5, 0.6) is 0 Å². The molecule has 0 aliphatic carbocycles. The van der Waals surface area contributed by atoms with Crippen molar-refractivity contribution in [2.24, 2.45) is 5.92 Å². The van der Waals surface area contributed by atoms with Crippen LogP contribution in [0.3, 0.4) is 0 Å². The largest absolute Gasteiger partial charge is 0.356 e. The smallest absolute Gasteiger partial charge is 0.129 e. The van der Waals surface area contributed by atoms with Gasteiger partial charge in [0.05, 0.1) is 0 Å². The Bertz CT molecular complexity index is 462. The molecule has 1 aromatic heterocycles. The van der Waals surface area contributed by atoms with Gasteiger partial charge in [0.25, 0.3) is 0 Å². The van der Waals surface area contributed by atoms with Crippen LogP contribution in [0.2, 0.25) is 0 Å². The third kappa shape index (κ3) is 4.19. The average Bonchev–Trinajstić information content (AvgIpc) is 2.87. The van der Waals surface area contributed by atoms with Crippen molar-refractivity contribution in [2.75, 3.05) is 25.0 Å². The molecule has 1 aliphatic heterocycles. The van der Waals surface area contributed by atoms with Gasteiger partial charge in [-0.15, -0.1) is 0 Å². The third-order valence-corrected chi connectivity index (χ3v) is 4.33. The SMILES string of the molecule is CCCC1CCN(c2cc(CNC)cc(C(C)(C)C)n2)C1. The van der Waals surface area contributed by atoms with Crippen LogP contribution in [0, 0.1) is 5.92 Å². The summed E-state index contributed by atoms with van der Waals surface area (Å²) in [4.78, 5) is 7.44. The molecule has 3 heteroatoms. The normalized spacial score (nSPS) is 19.3. The van der Waals surface area contributed by atoms with E-state index in [9.17, 15) is 0 Å². The first-order chi connectivity index (χ1) is 9.94. The van der Waals surface area contributed by atoms with Crippen molar-refractivity contribution in [3.8, 4) is 0 Å². The molecule has 0 amide bonds. The minimum atomic E-state index is 0.0983. The summed E-state index contributed by atoms with van der Waals surface area (Å²) in [5.74, 6) is 2.02. The first-order valence-electron chi connectivity index (χ1n) is 8.35. The van der Waals surface area contributed by atoms with Crippen molar-refractivity contribution in [3.05, 3.63) is 23.4 Å². The molecular formula is C18H31N3. The van der Waals surface area contributed by atoms with Crippen LogP contribution in [0.1, 0.15) is 58.2 Å². The van der Waals surface area contributed by atoms with Gasteiger partial charge < -0.3 is 10.2 Å². The number of hydrogen-bond acceptors (Lipinski definition) is 3. The average molecular weight is 289 g/mol. The van der Waals surface area contributed by atoms with Gasteiger partial charge in [0, 0.05) is 30.7 Å². The lowest BCUT2D eigenvalue weighted by Crippen LogP contribution is -2.24. The molecule has 2 rings (SSSR count).